The van der Waals surface area contributed by atoms with Gasteiger partial charge in [-0.2, -0.15) is 0 Å². The molecule has 8 nitrogen and oxygen atoms in total. The number of nitrogens with zero attached hydrogens (tertiary/aromatic N) is 5. The SMILES string of the molecule is COc1ccc2c(c1)c(C1=C(c3cc(C)sc3C)C(=O)N(c3ccc(-c4cc(-c5ccccn5)nc(-c5ccccn5)c4)cc3)C1=O)c(C)n2C. The second kappa shape index (κ2) is 12.6. The minimum Gasteiger partial charge on any atom is -0.497 e. The number of ether oxygens (including phenoxy) is 1. The Labute approximate surface area is 299 Å². The van der Waals surface area contributed by atoms with Crippen LogP contribution < -0.4 is 9.64 Å². The molecule has 0 aliphatic carbocycles. The van der Waals surface area contributed by atoms with Gasteiger partial charge < -0.3 is 9.30 Å². The quantitative estimate of drug-likeness (QED) is 0.156. The maximum atomic E-state index is 14.7. The summed E-state index contributed by atoms with van der Waals surface area (Å²) in [5.74, 6) is -0.0262. The number of pyridine rings is 3. The zero-order chi connectivity index (χ0) is 35.4. The van der Waals surface area contributed by atoms with Gasteiger partial charge >= 0.3 is 0 Å². The molecule has 250 valence electrons. The second-order valence-corrected chi connectivity index (χ2v) is 14.0. The number of carbonyl (C=O) groups excluding carboxylic acids is 2. The van der Waals surface area contributed by atoms with E-state index in [1.807, 2.05) is 125 Å². The summed E-state index contributed by atoms with van der Waals surface area (Å²) in [6.45, 7) is 6.00. The molecule has 7 aromatic rings. The average molecular weight is 688 g/mol. The number of aromatic nitrogens is 4. The predicted molar refractivity (Wildman–Crippen MR) is 203 cm³/mol. The maximum absolute atomic E-state index is 14.7. The van der Waals surface area contributed by atoms with Crippen LogP contribution in [0.4, 0.5) is 5.69 Å². The van der Waals surface area contributed by atoms with E-state index in [1.165, 1.54) is 4.90 Å². The van der Waals surface area contributed by atoms with Gasteiger partial charge in [-0.1, -0.05) is 24.3 Å². The molecule has 5 aromatic heterocycles. The van der Waals surface area contributed by atoms with Gasteiger partial charge in [0.1, 0.15) is 5.75 Å². The van der Waals surface area contributed by atoms with Crippen molar-refractivity contribution < 1.29 is 14.3 Å². The third-order valence-corrected chi connectivity index (χ3v) is 10.4. The van der Waals surface area contributed by atoms with Crippen molar-refractivity contribution in [3.63, 3.8) is 0 Å². The summed E-state index contributed by atoms with van der Waals surface area (Å²) in [4.78, 5) is 46.6. The molecule has 0 radical (unpaired) electrons. The molecule has 0 unspecified atom stereocenters. The molecule has 2 amide bonds. The average Bonchev–Trinajstić information content (AvgIpc) is 3.72. The smallest absolute Gasteiger partial charge is 0.266 e. The predicted octanol–water partition coefficient (Wildman–Crippen LogP) is 8.84. The van der Waals surface area contributed by atoms with Crippen molar-refractivity contribution in [2.24, 2.45) is 7.05 Å². The molecule has 8 rings (SSSR count). The fourth-order valence-electron chi connectivity index (χ4n) is 6.91. The molecule has 0 saturated carbocycles. The highest BCUT2D eigenvalue weighted by Crippen LogP contribution is 2.45. The number of carbonyl (C=O) groups is 2. The summed E-state index contributed by atoms with van der Waals surface area (Å²) in [6, 6.07) is 30.8. The summed E-state index contributed by atoms with van der Waals surface area (Å²) in [6.07, 6.45) is 3.49. The number of amides is 2. The molecule has 51 heavy (non-hydrogen) atoms. The van der Waals surface area contributed by atoms with E-state index in [4.69, 9.17) is 9.72 Å². The lowest BCUT2D eigenvalue weighted by Gasteiger charge is -2.16. The van der Waals surface area contributed by atoms with Crippen molar-refractivity contribution in [2.75, 3.05) is 12.0 Å². The van der Waals surface area contributed by atoms with Crippen LogP contribution in [0.2, 0.25) is 0 Å². The Bertz CT molecular complexity index is 2480. The number of methoxy groups -OCH3 is 1. The summed E-state index contributed by atoms with van der Waals surface area (Å²) >= 11 is 1.62. The van der Waals surface area contributed by atoms with E-state index >= 15 is 0 Å². The van der Waals surface area contributed by atoms with Gasteiger partial charge in [0.25, 0.3) is 11.8 Å². The first-order chi connectivity index (χ1) is 24.7. The van der Waals surface area contributed by atoms with Crippen LogP contribution in [0, 0.1) is 20.8 Å². The van der Waals surface area contributed by atoms with Crippen LogP contribution in [0.25, 0.3) is 56.0 Å². The van der Waals surface area contributed by atoms with Gasteiger partial charge in [-0.25, -0.2) is 9.88 Å². The van der Waals surface area contributed by atoms with Gasteiger partial charge in [0.15, 0.2) is 0 Å². The Morgan fingerprint density at radius 3 is 1.90 bits per heavy atom. The van der Waals surface area contributed by atoms with Crippen LogP contribution in [0.5, 0.6) is 5.75 Å². The zero-order valence-electron chi connectivity index (χ0n) is 28.8. The lowest BCUT2D eigenvalue weighted by atomic mass is 9.94. The molecule has 0 atom stereocenters. The highest BCUT2D eigenvalue weighted by atomic mass is 32.1. The van der Waals surface area contributed by atoms with Crippen LogP contribution in [-0.2, 0) is 16.6 Å². The van der Waals surface area contributed by atoms with Crippen molar-refractivity contribution in [2.45, 2.75) is 20.8 Å². The maximum Gasteiger partial charge on any atom is 0.266 e. The van der Waals surface area contributed by atoms with Gasteiger partial charge in [0.2, 0.25) is 0 Å². The fraction of sp³-hybridized carbons (Fsp3) is 0.119. The van der Waals surface area contributed by atoms with E-state index in [0.29, 0.717) is 34.0 Å². The van der Waals surface area contributed by atoms with Crippen molar-refractivity contribution in [3.8, 4) is 39.7 Å². The normalized spacial score (nSPS) is 13.2. The van der Waals surface area contributed by atoms with E-state index in [0.717, 1.165) is 60.0 Å². The van der Waals surface area contributed by atoms with E-state index in [2.05, 4.69) is 14.5 Å². The van der Waals surface area contributed by atoms with E-state index in [1.54, 1.807) is 30.8 Å². The first kappa shape index (κ1) is 32.0. The topological polar surface area (TPSA) is 90.2 Å². The minimum absolute atomic E-state index is 0.346. The molecule has 2 aromatic carbocycles. The number of rotatable bonds is 7. The van der Waals surface area contributed by atoms with E-state index in [9.17, 15) is 9.59 Å². The fourth-order valence-corrected chi connectivity index (χ4v) is 7.84. The molecule has 1 aliphatic rings. The first-order valence-electron chi connectivity index (χ1n) is 16.5. The number of thiophene rings is 1. The van der Waals surface area contributed by atoms with Crippen LogP contribution in [-0.4, -0.2) is 38.4 Å². The number of hydrogen-bond donors (Lipinski definition) is 0. The van der Waals surface area contributed by atoms with Gasteiger partial charge in [-0.15, -0.1) is 11.3 Å². The third kappa shape index (κ3) is 5.43. The van der Waals surface area contributed by atoms with Crippen LogP contribution >= 0.6 is 11.3 Å². The van der Waals surface area contributed by atoms with Gasteiger partial charge in [-0.05, 0) is 105 Å². The van der Waals surface area contributed by atoms with Gasteiger partial charge in [-0.3, -0.25) is 19.6 Å². The number of anilines is 1. The molecular weight excluding hydrogens is 655 g/mol. The molecule has 6 heterocycles. The standard InChI is InChI=1S/C42H33N5O3S/c1-24-20-31(26(3)51-24)39-40(38-25(2)46(4)37-17-16-30(50-5)23-32(37)38)42(49)47(41(39)48)29-14-12-27(13-15-29)28-21-35(33-10-6-8-18-43-33)45-36(22-28)34-11-7-9-19-44-34/h6-23H,1-5H3. The van der Waals surface area contributed by atoms with E-state index in [-0.39, 0.29) is 11.8 Å². The highest BCUT2D eigenvalue weighted by Gasteiger charge is 2.43. The molecule has 9 heteroatoms. The van der Waals surface area contributed by atoms with Crippen molar-refractivity contribution in [3.05, 3.63) is 136 Å². The Hall–Kier alpha value is -6.19. The van der Waals surface area contributed by atoms with Gasteiger partial charge in [0.05, 0.1) is 46.7 Å². The van der Waals surface area contributed by atoms with Gasteiger partial charge in [0, 0.05) is 56.9 Å². The molecule has 1 aliphatic heterocycles. The second-order valence-electron chi connectivity index (χ2n) is 12.5. The molecular formula is C42H33N5O3S. The third-order valence-electron chi connectivity index (χ3n) is 9.48. The van der Waals surface area contributed by atoms with E-state index < -0.39 is 0 Å². The molecule has 0 saturated heterocycles. The van der Waals surface area contributed by atoms with Crippen LogP contribution in [0.1, 0.15) is 26.6 Å². The number of fused-ring (bicyclic) bond motifs is 1. The lowest BCUT2D eigenvalue weighted by molar-refractivity contribution is -0.119. The van der Waals surface area contributed by atoms with Crippen LogP contribution in [0.3, 0.4) is 0 Å². The summed E-state index contributed by atoms with van der Waals surface area (Å²) in [5, 5.41) is 0.856. The van der Waals surface area contributed by atoms with Crippen molar-refractivity contribution >= 4 is 50.9 Å². The molecule has 0 N–H and O–H groups in total. The Morgan fingerprint density at radius 1 is 0.686 bits per heavy atom. The Balaban J connectivity index is 1.24. The molecule has 0 bridgehead atoms. The largest absolute Gasteiger partial charge is 0.497 e. The minimum atomic E-state index is -0.358. The number of hydrogen-bond acceptors (Lipinski definition) is 7. The number of aryl methyl sites for hydroxylation is 3. The van der Waals surface area contributed by atoms with Crippen molar-refractivity contribution in [1.82, 2.24) is 19.5 Å². The molecule has 0 fully saturated rings. The lowest BCUT2D eigenvalue weighted by Crippen LogP contribution is -2.31. The monoisotopic (exact) mass is 687 g/mol. The van der Waals surface area contributed by atoms with Crippen LogP contribution in [0.15, 0.2) is 109 Å². The number of benzene rings is 2. The summed E-state index contributed by atoms with van der Waals surface area (Å²) in [5.41, 5.74) is 9.37. The zero-order valence-corrected chi connectivity index (χ0v) is 29.6. The first-order valence-corrected chi connectivity index (χ1v) is 17.3. The highest BCUT2D eigenvalue weighted by molar-refractivity contribution is 7.12. The summed E-state index contributed by atoms with van der Waals surface area (Å²) in [7, 11) is 3.60. The Kier molecular flexibility index (Phi) is 7.92. The summed E-state index contributed by atoms with van der Waals surface area (Å²) < 4.78 is 7.64. The van der Waals surface area contributed by atoms with Crippen molar-refractivity contribution in [1.29, 1.82) is 0 Å². The number of imide groups is 1. The molecule has 0 spiro atoms. The Morgan fingerprint density at radius 2 is 1.33 bits per heavy atom.